The number of unbranched alkanes of at least 4 members (excludes halogenated alkanes) is 2. The zero-order chi connectivity index (χ0) is 12.5. The fourth-order valence-corrected chi connectivity index (χ4v) is 2.04. The molecule has 0 atom stereocenters. The lowest BCUT2D eigenvalue weighted by atomic mass is 10.2. The Bertz CT molecular complexity index is 217. The Morgan fingerprint density at radius 3 is 2.65 bits per heavy atom. The Labute approximate surface area is 104 Å². The molecule has 0 amide bonds. The van der Waals surface area contributed by atoms with E-state index in [1.165, 1.54) is 12.8 Å². The van der Waals surface area contributed by atoms with E-state index in [1.54, 1.807) is 0 Å². The lowest BCUT2D eigenvalue weighted by Crippen LogP contribution is -2.30. The minimum atomic E-state index is -0.0816. The van der Waals surface area contributed by atoms with Gasteiger partial charge in [-0.25, -0.2) is 0 Å². The van der Waals surface area contributed by atoms with Crippen molar-refractivity contribution in [1.82, 2.24) is 4.90 Å². The maximum Gasteiger partial charge on any atom is 0.305 e. The van der Waals surface area contributed by atoms with Crippen LogP contribution in [0.1, 0.15) is 45.4 Å². The Balaban J connectivity index is 1.96. The lowest BCUT2D eigenvalue weighted by Gasteiger charge is -2.20. The molecule has 0 aromatic rings. The molecule has 1 N–H and O–H groups in total. The maximum atomic E-state index is 11.1. The van der Waals surface area contributed by atoms with Crippen molar-refractivity contribution < 1.29 is 14.6 Å². The van der Waals surface area contributed by atoms with Crippen LogP contribution in [0.5, 0.6) is 0 Å². The highest BCUT2D eigenvalue weighted by atomic mass is 16.5. The van der Waals surface area contributed by atoms with Crippen molar-refractivity contribution in [1.29, 1.82) is 0 Å². The SMILES string of the molecule is CCOC(=O)CCCCCN(CCO)C1CC1. The van der Waals surface area contributed by atoms with Gasteiger partial charge in [0.05, 0.1) is 13.2 Å². The number of hydrogen-bond acceptors (Lipinski definition) is 4. The van der Waals surface area contributed by atoms with Crippen molar-refractivity contribution in [2.24, 2.45) is 0 Å². The van der Waals surface area contributed by atoms with Gasteiger partial charge in [0.1, 0.15) is 0 Å². The first-order valence-corrected chi connectivity index (χ1v) is 6.78. The van der Waals surface area contributed by atoms with Crippen LogP contribution in [0.2, 0.25) is 0 Å². The summed E-state index contributed by atoms with van der Waals surface area (Å²) in [5.41, 5.74) is 0. The van der Waals surface area contributed by atoms with Crippen LogP contribution in [-0.2, 0) is 9.53 Å². The fourth-order valence-electron chi connectivity index (χ4n) is 2.04. The molecule has 0 aliphatic heterocycles. The third-order valence-electron chi connectivity index (χ3n) is 3.08. The summed E-state index contributed by atoms with van der Waals surface area (Å²) in [6, 6.07) is 0.715. The molecule has 1 fully saturated rings. The molecule has 17 heavy (non-hydrogen) atoms. The van der Waals surface area contributed by atoms with Gasteiger partial charge in [0.2, 0.25) is 0 Å². The Morgan fingerprint density at radius 1 is 1.29 bits per heavy atom. The van der Waals surface area contributed by atoms with E-state index in [1.807, 2.05) is 6.92 Å². The third kappa shape index (κ3) is 6.64. The summed E-state index contributed by atoms with van der Waals surface area (Å²) in [5.74, 6) is -0.0816. The van der Waals surface area contributed by atoms with Crippen molar-refractivity contribution >= 4 is 5.97 Å². The molecule has 0 heterocycles. The van der Waals surface area contributed by atoms with Crippen LogP contribution in [0, 0.1) is 0 Å². The van der Waals surface area contributed by atoms with Crippen LogP contribution in [0.25, 0.3) is 0 Å². The van der Waals surface area contributed by atoms with Crippen molar-refractivity contribution in [3.8, 4) is 0 Å². The molecule has 4 heteroatoms. The van der Waals surface area contributed by atoms with Gasteiger partial charge in [-0.3, -0.25) is 9.69 Å². The van der Waals surface area contributed by atoms with Crippen molar-refractivity contribution in [3.63, 3.8) is 0 Å². The monoisotopic (exact) mass is 243 g/mol. The predicted octanol–water partition coefficient (Wildman–Crippen LogP) is 1.57. The van der Waals surface area contributed by atoms with E-state index < -0.39 is 0 Å². The van der Waals surface area contributed by atoms with Gasteiger partial charge >= 0.3 is 5.97 Å². The largest absolute Gasteiger partial charge is 0.466 e. The summed E-state index contributed by atoms with van der Waals surface area (Å²) in [6.07, 6.45) is 6.18. The number of carbonyl (C=O) groups excluding carboxylic acids is 1. The number of aliphatic hydroxyl groups is 1. The van der Waals surface area contributed by atoms with Crippen LogP contribution in [0.15, 0.2) is 0 Å². The van der Waals surface area contributed by atoms with E-state index in [4.69, 9.17) is 9.84 Å². The Hall–Kier alpha value is -0.610. The summed E-state index contributed by atoms with van der Waals surface area (Å²) in [6.45, 7) is 4.40. The molecule has 0 radical (unpaired) electrons. The second kappa shape index (κ2) is 8.48. The second-order valence-electron chi connectivity index (χ2n) is 4.61. The third-order valence-corrected chi connectivity index (χ3v) is 3.08. The van der Waals surface area contributed by atoms with Gasteiger partial charge in [0, 0.05) is 19.0 Å². The number of aliphatic hydroxyl groups excluding tert-OH is 1. The summed E-state index contributed by atoms with van der Waals surface area (Å²) >= 11 is 0. The van der Waals surface area contributed by atoms with Gasteiger partial charge in [-0.2, -0.15) is 0 Å². The predicted molar refractivity (Wildman–Crippen MR) is 66.8 cm³/mol. The van der Waals surface area contributed by atoms with Crippen molar-refractivity contribution in [2.45, 2.75) is 51.5 Å². The van der Waals surface area contributed by atoms with E-state index in [2.05, 4.69) is 4.90 Å². The van der Waals surface area contributed by atoms with E-state index in [-0.39, 0.29) is 12.6 Å². The van der Waals surface area contributed by atoms with Gasteiger partial charge in [-0.15, -0.1) is 0 Å². The molecular formula is C13H25NO3. The topological polar surface area (TPSA) is 49.8 Å². The quantitative estimate of drug-likeness (QED) is 0.467. The van der Waals surface area contributed by atoms with Crippen molar-refractivity contribution in [3.05, 3.63) is 0 Å². The molecule has 0 bridgehead atoms. The molecule has 1 rings (SSSR count). The molecule has 0 aromatic carbocycles. The molecule has 1 aliphatic rings. The molecule has 100 valence electrons. The summed E-state index contributed by atoms with van der Waals surface area (Å²) < 4.78 is 4.87. The summed E-state index contributed by atoms with van der Waals surface area (Å²) in [5, 5.41) is 8.95. The van der Waals surface area contributed by atoms with Crippen LogP contribution in [0.3, 0.4) is 0 Å². The first kappa shape index (κ1) is 14.5. The van der Waals surface area contributed by atoms with Crippen LogP contribution in [-0.4, -0.2) is 48.3 Å². The summed E-state index contributed by atoms with van der Waals surface area (Å²) in [4.78, 5) is 13.5. The molecule has 0 unspecified atom stereocenters. The smallest absolute Gasteiger partial charge is 0.305 e. The zero-order valence-corrected chi connectivity index (χ0v) is 10.9. The average Bonchev–Trinajstić information content (AvgIpc) is 3.11. The molecule has 4 nitrogen and oxygen atoms in total. The fraction of sp³-hybridized carbons (Fsp3) is 0.923. The second-order valence-corrected chi connectivity index (χ2v) is 4.61. The first-order chi connectivity index (χ1) is 8.27. The highest BCUT2D eigenvalue weighted by Crippen LogP contribution is 2.26. The molecule has 1 saturated carbocycles. The van der Waals surface area contributed by atoms with Gasteiger partial charge in [-0.05, 0) is 39.2 Å². The zero-order valence-electron chi connectivity index (χ0n) is 10.9. The minimum Gasteiger partial charge on any atom is -0.466 e. The number of esters is 1. The standard InChI is InChI=1S/C13H25NO3/c1-2-17-13(16)6-4-3-5-9-14(10-11-15)12-7-8-12/h12,15H,2-11H2,1H3. The average molecular weight is 243 g/mol. The molecule has 0 spiro atoms. The molecule has 1 aliphatic carbocycles. The number of rotatable bonds is 10. The normalized spacial score (nSPS) is 15.2. The Morgan fingerprint density at radius 2 is 2.06 bits per heavy atom. The number of carbonyl (C=O) groups is 1. The number of ether oxygens (including phenoxy) is 1. The van der Waals surface area contributed by atoms with Gasteiger partial charge in [-0.1, -0.05) is 6.42 Å². The van der Waals surface area contributed by atoms with Crippen LogP contribution < -0.4 is 0 Å². The number of nitrogens with zero attached hydrogens (tertiary/aromatic N) is 1. The molecule has 0 aromatic heterocycles. The van der Waals surface area contributed by atoms with Gasteiger partial charge in [0.15, 0.2) is 0 Å². The molecular weight excluding hydrogens is 218 g/mol. The van der Waals surface area contributed by atoms with E-state index in [9.17, 15) is 4.79 Å². The first-order valence-electron chi connectivity index (χ1n) is 6.78. The van der Waals surface area contributed by atoms with Gasteiger partial charge in [0.25, 0.3) is 0 Å². The van der Waals surface area contributed by atoms with Crippen LogP contribution in [0.4, 0.5) is 0 Å². The van der Waals surface area contributed by atoms with E-state index in [0.717, 1.165) is 32.4 Å². The Kier molecular flexibility index (Phi) is 7.21. The van der Waals surface area contributed by atoms with Gasteiger partial charge < -0.3 is 9.84 Å². The highest BCUT2D eigenvalue weighted by Gasteiger charge is 2.27. The minimum absolute atomic E-state index is 0.0816. The highest BCUT2D eigenvalue weighted by molar-refractivity contribution is 5.69. The lowest BCUT2D eigenvalue weighted by molar-refractivity contribution is -0.143. The van der Waals surface area contributed by atoms with Crippen LogP contribution >= 0.6 is 0 Å². The number of hydrogen-bond donors (Lipinski definition) is 1. The van der Waals surface area contributed by atoms with Crippen molar-refractivity contribution in [2.75, 3.05) is 26.3 Å². The van der Waals surface area contributed by atoms with E-state index >= 15 is 0 Å². The molecule has 0 saturated heterocycles. The maximum absolute atomic E-state index is 11.1. The summed E-state index contributed by atoms with van der Waals surface area (Å²) in [7, 11) is 0. The van der Waals surface area contributed by atoms with E-state index in [0.29, 0.717) is 19.1 Å².